The standard InChI is InChI=1S/C13H19N3S/c1-10-4-6-12(17-10)11(14-2)5-7-13-15-8-9-16(13)3/h4,6,8-9,11,14H,5,7H2,1-3H3. The second-order valence-corrected chi connectivity index (χ2v) is 5.60. The van der Waals surface area contributed by atoms with E-state index in [0.29, 0.717) is 6.04 Å². The Morgan fingerprint density at radius 1 is 1.47 bits per heavy atom. The van der Waals surface area contributed by atoms with E-state index in [1.54, 1.807) is 0 Å². The fourth-order valence-corrected chi connectivity index (χ4v) is 3.00. The molecule has 0 aromatic carbocycles. The predicted molar refractivity (Wildman–Crippen MR) is 72.4 cm³/mol. The topological polar surface area (TPSA) is 29.9 Å². The number of nitrogens with zero attached hydrogens (tertiary/aromatic N) is 2. The fraction of sp³-hybridized carbons (Fsp3) is 0.462. The summed E-state index contributed by atoms with van der Waals surface area (Å²) in [6.45, 7) is 2.15. The minimum atomic E-state index is 0.436. The highest BCUT2D eigenvalue weighted by Crippen LogP contribution is 2.25. The van der Waals surface area contributed by atoms with Gasteiger partial charge in [-0.3, -0.25) is 0 Å². The molecular weight excluding hydrogens is 230 g/mol. The Kier molecular flexibility index (Phi) is 3.97. The van der Waals surface area contributed by atoms with Crippen LogP contribution in [0, 0.1) is 6.92 Å². The van der Waals surface area contributed by atoms with E-state index in [-0.39, 0.29) is 0 Å². The van der Waals surface area contributed by atoms with Crippen LogP contribution in [0.4, 0.5) is 0 Å². The van der Waals surface area contributed by atoms with Crippen LogP contribution in [0.3, 0.4) is 0 Å². The predicted octanol–water partition coefficient (Wildman–Crippen LogP) is 2.68. The van der Waals surface area contributed by atoms with Crippen LogP contribution >= 0.6 is 11.3 Å². The van der Waals surface area contributed by atoms with Gasteiger partial charge in [-0.15, -0.1) is 11.3 Å². The molecule has 17 heavy (non-hydrogen) atoms. The van der Waals surface area contributed by atoms with Gasteiger partial charge in [0.1, 0.15) is 5.82 Å². The van der Waals surface area contributed by atoms with E-state index in [9.17, 15) is 0 Å². The van der Waals surface area contributed by atoms with Gasteiger partial charge in [0.05, 0.1) is 0 Å². The molecule has 1 N–H and O–H groups in total. The zero-order valence-electron chi connectivity index (χ0n) is 10.6. The zero-order chi connectivity index (χ0) is 12.3. The molecule has 0 saturated carbocycles. The van der Waals surface area contributed by atoms with Gasteiger partial charge in [0.15, 0.2) is 0 Å². The Labute approximate surface area is 107 Å². The lowest BCUT2D eigenvalue weighted by atomic mass is 10.1. The Morgan fingerprint density at radius 3 is 2.82 bits per heavy atom. The van der Waals surface area contributed by atoms with Gasteiger partial charge in [0.2, 0.25) is 0 Å². The molecule has 2 rings (SSSR count). The van der Waals surface area contributed by atoms with E-state index in [1.165, 1.54) is 9.75 Å². The first-order valence-corrected chi connectivity index (χ1v) is 6.72. The lowest BCUT2D eigenvalue weighted by Crippen LogP contribution is -2.16. The van der Waals surface area contributed by atoms with Crippen molar-refractivity contribution in [1.82, 2.24) is 14.9 Å². The summed E-state index contributed by atoms with van der Waals surface area (Å²) >= 11 is 1.87. The highest BCUT2D eigenvalue weighted by molar-refractivity contribution is 7.12. The Hall–Kier alpha value is -1.13. The highest BCUT2D eigenvalue weighted by atomic mass is 32.1. The summed E-state index contributed by atoms with van der Waals surface area (Å²) in [5.41, 5.74) is 0. The maximum Gasteiger partial charge on any atom is 0.108 e. The maximum absolute atomic E-state index is 4.36. The first kappa shape index (κ1) is 12.3. The Balaban J connectivity index is 1.99. The van der Waals surface area contributed by atoms with Gasteiger partial charge in [0.25, 0.3) is 0 Å². The smallest absolute Gasteiger partial charge is 0.108 e. The van der Waals surface area contributed by atoms with Crippen molar-refractivity contribution in [2.24, 2.45) is 7.05 Å². The van der Waals surface area contributed by atoms with E-state index < -0.39 is 0 Å². The molecule has 0 spiro atoms. The van der Waals surface area contributed by atoms with Crippen molar-refractivity contribution >= 4 is 11.3 Å². The zero-order valence-corrected chi connectivity index (χ0v) is 11.4. The molecule has 0 bridgehead atoms. The summed E-state index contributed by atoms with van der Waals surface area (Å²) in [5.74, 6) is 1.15. The average molecular weight is 249 g/mol. The molecule has 0 amide bonds. The summed E-state index contributed by atoms with van der Waals surface area (Å²) in [5, 5.41) is 3.39. The minimum absolute atomic E-state index is 0.436. The normalized spacial score (nSPS) is 12.9. The monoisotopic (exact) mass is 249 g/mol. The van der Waals surface area contributed by atoms with Crippen LogP contribution in [-0.4, -0.2) is 16.6 Å². The van der Waals surface area contributed by atoms with E-state index in [1.807, 2.05) is 37.8 Å². The number of hydrogen-bond acceptors (Lipinski definition) is 3. The van der Waals surface area contributed by atoms with Gasteiger partial charge >= 0.3 is 0 Å². The molecule has 0 aliphatic carbocycles. The third kappa shape index (κ3) is 2.96. The Bertz CT molecular complexity index is 472. The van der Waals surface area contributed by atoms with Crippen molar-refractivity contribution in [3.05, 3.63) is 40.1 Å². The van der Waals surface area contributed by atoms with Crippen LogP contribution in [0.1, 0.15) is 28.0 Å². The van der Waals surface area contributed by atoms with Crippen LogP contribution in [-0.2, 0) is 13.5 Å². The first-order chi connectivity index (χ1) is 8.20. The number of imidazole rings is 1. The number of aromatic nitrogens is 2. The molecule has 4 heteroatoms. The molecule has 3 nitrogen and oxygen atoms in total. The molecule has 0 aliphatic rings. The van der Waals surface area contributed by atoms with Gasteiger partial charge in [-0.05, 0) is 32.5 Å². The summed E-state index contributed by atoms with van der Waals surface area (Å²) in [7, 11) is 4.07. The summed E-state index contributed by atoms with van der Waals surface area (Å²) in [6.07, 6.45) is 5.95. The summed E-state index contributed by atoms with van der Waals surface area (Å²) < 4.78 is 2.09. The fourth-order valence-electron chi connectivity index (χ4n) is 1.98. The third-order valence-corrected chi connectivity index (χ3v) is 4.14. The van der Waals surface area contributed by atoms with Crippen LogP contribution in [0.2, 0.25) is 0 Å². The van der Waals surface area contributed by atoms with Crippen molar-refractivity contribution in [3.63, 3.8) is 0 Å². The summed E-state index contributed by atoms with van der Waals surface area (Å²) in [6, 6.07) is 4.84. The molecule has 1 unspecified atom stereocenters. The van der Waals surface area contributed by atoms with Gasteiger partial charge in [-0.25, -0.2) is 4.98 Å². The molecule has 1 atom stereocenters. The van der Waals surface area contributed by atoms with Crippen molar-refractivity contribution in [1.29, 1.82) is 0 Å². The van der Waals surface area contributed by atoms with E-state index in [2.05, 4.69) is 33.9 Å². The Morgan fingerprint density at radius 2 is 2.29 bits per heavy atom. The lowest BCUT2D eigenvalue weighted by Gasteiger charge is -2.14. The number of rotatable bonds is 5. The second kappa shape index (κ2) is 5.47. The maximum atomic E-state index is 4.36. The van der Waals surface area contributed by atoms with Gasteiger partial charge < -0.3 is 9.88 Å². The van der Waals surface area contributed by atoms with Crippen molar-refractivity contribution in [3.8, 4) is 0 Å². The van der Waals surface area contributed by atoms with Crippen LogP contribution in [0.15, 0.2) is 24.5 Å². The molecule has 0 radical (unpaired) electrons. The molecule has 2 aromatic rings. The number of nitrogens with one attached hydrogen (secondary N) is 1. The number of thiophene rings is 1. The van der Waals surface area contributed by atoms with Crippen LogP contribution in [0.5, 0.6) is 0 Å². The van der Waals surface area contributed by atoms with E-state index >= 15 is 0 Å². The summed E-state index contributed by atoms with van der Waals surface area (Å²) in [4.78, 5) is 7.15. The van der Waals surface area contributed by atoms with Gasteiger partial charge in [0, 0.05) is 41.7 Å². The molecule has 0 fully saturated rings. The number of aryl methyl sites for hydroxylation is 3. The van der Waals surface area contributed by atoms with Crippen molar-refractivity contribution in [2.75, 3.05) is 7.05 Å². The van der Waals surface area contributed by atoms with Crippen LogP contribution in [0.25, 0.3) is 0 Å². The lowest BCUT2D eigenvalue weighted by molar-refractivity contribution is 0.543. The molecule has 2 aromatic heterocycles. The van der Waals surface area contributed by atoms with Gasteiger partial charge in [-0.2, -0.15) is 0 Å². The SMILES string of the molecule is CNC(CCc1nccn1C)c1ccc(C)s1. The van der Waals surface area contributed by atoms with Crippen molar-refractivity contribution in [2.45, 2.75) is 25.8 Å². The molecule has 0 saturated heterocycles. The van der Waals surface area contributed by atoms with E-state index in [0.717, 1.165) is 18.7 Å². The highest BCUT2D eigenvalue weighted by Gasteiger charge is 2.12. The van der Waals surface area contributed by atoms with Crippen molar-refractivity contribution < 1.29 is 0 Å². The largest absolute Gasteiger partial charge is 0.338 e. The molecule has 92 valence electrons. The quantitative estimate of drug-likeness (QED) is 0.883. The second-order valence-electron chi connectivity index (χ2n) is 4.28. The molecule has 0 aliphatic heterocycles. The molecular formula is C13H19N3S. The molecule has 2 heterocycles. The number of hydrogen-bond donors (Lipinski definition) is 1. The van der Waals surface area contributed by atoms with Gasteiger partial charge in [-0.1, -0.05) is 0 Å². The average Bonchev–Trinajstić information content (AvgIpc) is 2.90. The van der Waals surface area contributed by atoms with Crippen LogP contribution < -0.4 is 5.32 Å². The first-order valence-electron chi connectivity index (χ1n) is 5.90. The van der Waals surface area contributed by atoms with E-state index in [4.69, 9.17) is 0 Å². The minimum Gasteiger partial charge on any atom is -0.338 e. The third-order valence-electron chi connectivity index (χ3n) is 3.03.